The van der Waals surface area contributed by atoms with E-state index in [1.807, 2.05) is 30.1 Å². The van der Waals surface area contributed by atoms with Crippen LogP contribution in [-0.4, -0.2) is 37.8 Å². The fourth-order valence-corrected chi connectivity index (χ4v) is 2.26. The predicted octanol–water partition coefficient (Wildman–Crippen LogP) is 1.11. The summed E-state index contributed by atoms with van der Waals surface area (Å²) in [5.74, 6) is 0.00501. The van der Waals surface area contributed by atoms with E-state index in [0.717, 1.165) is 29.9 Å². The van der Waals surface area contributed by atoms with Crippen molar-refractivity contribution in [2.75, 3.05) is 37.0 Å². The molecule has 0 aromatic heterocycles. The molecule has 1 aromatic rings. The number of carbonyl (C=O) groups is 1. The van der Waals surface area contributed by atoms with Gasteiger partial charge in [0.25, 0.3) is 0 Å². The minimum absolute atomic E-state index is 0.00501. The van der Waals surface area contributed by atoms with Gasteiger partial charge in [0.15, 0.2) is 0 Å². The van der Waals surface area contributed by atoms with Gasteiger partial charge in [-0.3, -0.25) is 4.79 Å². The van der Waals surface area contributed by atoms with Gasteiger partial charge in [-0.05, 0) is 25.1 Å². The van der Waals surface area contributed by atoms with Crippen LogP contribution in [0.2, 0.25) is 0 Å². The molecular weight excluding hydrogens is 242 g/mol. The van der Waals surface area contributed by atoms with Crippen LogP contribution in [0.3, 0.4) is 0 Å². The van der Waals surface area contributed by atoms with E-state index in [4.69, 9.17) is 5.11 Å². The zero-order chi connectivity index (χ0) is 13.8. The van der Waals surface area contributed by atoms with E-state index in [1.165, 1.54) is 0 Å². The monoisotopic (exact) mass is 263 g/mol. The van der Waals surface area contributed by atoms with Crippen LogP contribution in [-0.2, 0) is 4.79 Å². The van der Waals surface area contributed by atoms with Gasteiger partial charge >= 0.3 is 0 Å². The Balaban J connectivity index is 2.19. The Bertz CT molecular complexity index is 462. The largest absolute Gasteiger partial charge is 0.395 e. The highest BCUT2D eigenvalue weighted by Gasteiger charge is 2.30. The first-order valence-electron chi connectivity index (χ1n) is 6.67. The summed E-state index contributed by atoms with van der Waals surface area (Å²) in [5.41, 5.74) is 2.85. The normalized spacial score (nSPS) is 17.2. The van der Waals surface area contributed by atoms with Crippen molar-refractivity contribution in [3.63, 3.8) is 0 Å². The van der Waals surface area contributed by atoms with Crippen molar-refractivity contribution in [1.82, 2.24) is 5.32 Å². The Labute approximate surface area is 113 Å². The van der Waals surface area contributed by atoms with Crippen molar-refractivity contribution in [3.05, 3.63) is 23.8 Å². The van der Waals surface area contributed by atoms with E-state index in [-0.39, 0.29) is 18.6 Å². The molecule has 1 atom stereocenters. The summed E-state index contributed by atoms with van der Waals surface area (Å²) in [5, 5.41) is 15.1. The van der Waals surface area contributed by atoms with E-state index in [0.29, 0.717) is 6.54 Å². The van der Waals surface area contributed by atoms with Gasteiger partial charge in [-0.15, -0.1) is 0 Å². The molecule has 5 heteroatoms. The Morgan fingerprint density at radius 2 is 2.26 bits per heavy atom. The summed E-state index contributed by atoms with van der Waals surface area (Å²) in [7, 11) is 1.92. The average molecular weight is 263 g/mol. The summed E-state index contributed by atoms with van der Waals surface area (Å²) < 4.78 is 0. The number of hydrogen-bond donors (Lipinski definition) is 3. The highest BCUT2D eigenvalue weighted by molar-refractivity contribution is 6.03. The van der Waals surface area contributed by atoms with Gasteiger partial charge in [-0.25, -0.2) is 0 Å². The second kappa shape index (κ2) is 6.04. The molecular formula is C14H21N3O2. The molecule has 1 unspecified atom stereocenters. The summed E-state index contributed by atoms with van der Waals surface area (Å²) in [6.07, 6.45) is 0.996. The van der Waals surface area contributed by atoms with Crippen LogP contribution in [0, 0.1) is 0 Å². The number of aliphatic hydroxyl groups is 1. The van der Waals surface area contributed by atoms with Gasteiger partial charge in [-0.2, -0.15) is 0 Å². The molecule has 0 spiro atoms. The fraction of sp³-hybridized carbons (Fsp3) is 0.500. The van der Waals surface area contributed by atoms with Crippen LogP contribution in [0.15, 0.2) is 18.2 Å². The topological polar surface area (TPSA) is 64.6 Å². The molecule has 0 saturated carbocycles. The van der Waals surface area contributed by atoms with Gasteiger partial charge in [0, 0.05) is 30.5 Å². The van der Waals surface area contributed by atoms with Crippen LogP contribution in [0.1, 0.15) is 24.9 Å². The van der Waals surface area contributed by atoms with E-state index < -0.39 is 0 Å². The van der Waals surface area contributed by atoms with Crippen molar-refractivity contribution in [1.29, 1.82) is 0 Å². The molecule has 1 aromatic carbocycles. The van der Waals surface area contributed by atoms with Gasteiger partial charge in [0.2, 0.25) is 5.91 Å². The highest BCUT2D eigenvalue weighted by Crippen LogP contribution is 2.33. The zero-order valence-electron chi connectivity index (χ0n) is 11.4. The molecule has 5 nitrogen and oxygen atoms in total. The predicted molar refractivity (Wildman–Crippen MR) is 76.5 cm³/mol. The Hall–Kier alpha value is -1.59. The maximum atomic E-state index is 11.9. The van der Waals surface area contributed by atoms with Gasteiger partial charge in [-0.1, -0.05) is 13.0 Å². The van der Waals surface area contributed by atoms with Crippen LogP contribution < -0.4 is 15.5 Å². The summed E-state index contributed by atoms with van der Waals surface area (Å²) >= 11 is 0. The summed E-state index contributed by atoms with van der Waals surface area (Å²) in [6, 6.07) is 5.67. The Morgan fingerprint density at radius 3 is 2.95 bits per heavy atom. The van der Waals surface area contributed by atoms with Crippen molar-refractivity contribution in [3.8, 4) is 0 Å². The third-order valence-electron chi connectivity index (χ3n) is 3.34. The van der Waals surface area contributed by atoms with Gasteiger partial charge in [0.05, 0.1) is 6.61 Å². The second-order valence-electron chi connectivity index (χ2n) is 4.79. The number of fused-ring (bicyclic) bond motifs is 1. The van der Waals surface area contributed by atoms with Gasteiger partial charge in [0.1, 0.15) is 6.04 Å². The van der Waals surface area contributed by atoms with Crippen molar-refractivity contribution in [2.24, 2.45) is 0 Å². The van der Waals surface area contributed by atoms with Crippen molar-refractivity contribution in [2.45, 2.75) is 19.4 Å². The molecule has 1 amide bonds. The van der Waals surface area contributed by atoms with Crippen LogP contribution in [0.4, 0.5) is 11.4 Å². The maximum Gasteiger partial charge on any atom is 0.246 e. The molecule has 1 aliphatic heterocycles. The lowest BCUT2D eigenvalue weighted by Gasteiger charge is -2.19. The SMILES string of the molecule is CCCNC1C(=O)Nc2cc(N(C)CCO)ccc21. The molecule has 0 bridgehead atoms. The molecule has 1 aliphatic rings. The number of nitrogens with one attached hydrogen (secondary N) is 2. The molecule has 3 N–H and O–H groups in total. The summed E-state index contributed by atoms with van der Waals surface area (Å²) in [4.78, 5) is 13.9. The first-order chi connectivity index (χ1) is 9.17. The fourth-order valence-electron chi connectivity index (χ4n) is 2.26. The van der Waals surface area contributed by atoms with E-state index in [1.54, 1.807) is 0 Å². The minimum Gasteiger partial charge on any atom is -0.395 e. The number of nitrogens with zero attached hydrogens (tertiary/aromatic N) is 1. The molecule has 104 valence electrons. The lowest BCUT2D eigenvalue weighted by molar-refractivity contribution is -0.117. The Morgan fingerprint density at radius 1 is 1.47 bits per heavy atom. The minimum atomic E-state index is -0.243. The molecule has 0 radical (unpaired) electrons. The van der Waals surface area contributed by atoms with E-state index >= 15 is 0 Å². The highest BCUT2D eigenvalue weighted by atomic mass is 16.3. The summed E-state index contributed by atoms with van der Waals surface area (Å²) in [6.45, 7) is 3.59. The third-order valence-corrected chi connectivity index (χ3v) is 3.34. The third kappa shape index (κ3) is 2.88. The molecule has 2 rings (SSSR count). The first-order valence-corrected chi connectivity index (χ1v) is 6.67. The van der Waals surface area contributed by atoms with Gasteiger partial charge < -0.3 is 20.6 Å². The van der Waals surface area contributed by atoms with E-state index in [9.17, 15) is 4.79 Å². The number of rotatable bonds is 6. The maximum absolute atomic E-state index is 11.9. The smallest absolute Gasteiger partial charge is 0.246 e. The zero-order valence-corrected chi connectivity index (χ0v) is 11.4. The Kier molecular flexibility index (Phi) is 4.39. The average Bonchev–Trinajstić information content (AvgIpc) is 2.71. The second-order valence-corrected chi connectivity index (χ2v) is 4.79. The number of hydrogen-bond acceptors (Lipinski definition) is 4. The first kappa shape index (κ1) is 13.8. The number of likely N-dealkylation sites (N-methyl/N-ethyl adjacent to an activating group) is 1. The van der Waals surface area contributed by atoms with Crippen LogP contribution in [0.25, 0.3) is 0 Å². The number of carbonyl (C=O) groups excluding carboxylic acids is 1. The number of amides is 1. The van der Waals surface area contributed by atoms with Crippen molar-refractivity contribution < 1.29 is 9.90 Å². The quantitative estimate of drug-likeness (QED) is 0.719. The van der Waals surface area contributed by atoms with Crippen molar-refractivity contribution >= 4 is 17.3 Å². The molecule has 0 saturated heterocycles. The molecule has 0 fully saturated rings. The molecule has 1 heterocycles. The molecule has 0 aliphatic carbocycles. The number of aliphatic hydroxyl groups excluding tert-OH is 1. The number of anilines is 2. The van der Waals surface area contributed by atoms with Crippen LogP contribution in [0.5, 0.6) is 0 Å². The number of benzene rings is 1. The van der Waals surface area contributed by atoms with E-state index in [2.05, 4.69) is 17.6 Å². The standard InChI is InChI=1S/C14H21N3O2/c1-3-6-15-13-11-5-4-10(17(2)7-8-18)9-12(11)16-14(13)19/h4-5,9,13,15,18H,3,6-8H2,1-2H3,(H,16,19). The lowest BCUT2D eigenvalue weighted by Crippen LogP contribution is -2.27. The lowest BCUT2D eigenvalue weighted by atomic mass is 10.1. The molecule has 19 heavy (non-hydrogen) atoms. The van der Waals surface area contributed by atoms with Crippen LogP contribution >= 0.6 is 0 Å².